The number of thiocarbonyl (C=S) groups is 1. The van der Waals surface area contributed by atoms with Gasteiger partial charge in [0.15, 0.2) is 5.11 Å². The van der Waals surface area contributed by atoms with Crippen LogP contribution in [0, 0.1) is 20.8 Å². The number of fused-ring (bicyclic) bond motifs is 1. The monoisotopic (exact) mass is 461 g/mol. The Morgan fingerprint density at radius 1 is 1.06 bits per heavy atom. The minimum Gasteiger partial charge on any atom is -0.369 e. The van der Waals surface area contributed by atoms with Gasteiger partial charge in [-0.05, 0) is 117 Å². The smallest absolute Gasteiger partial charge is 0.270 e. The van der Waals surface area contributed by atoms with Crippen LogP contribution in [0.3, 0.4) is 0 Å². The molecule has 33 heavy (non-hydrogen) atoms. The number of amides is 2. The molecule has 0 aromatic heterocycles. The van der Waals surface area contributed by atoms with Crippen LogP contribution in [0.1, 0.15) is 60.9 Å². The van der Waals surface area contributed by atoms with Crippen molar-refractivity contribution in [3.05, 3.63) is 63.7 Å². The Kier molecular flexibility index (Phi) is 5.69. The molecular weight excluding hydrogens is 430 g/mol. The number of carbonyl (C=O) groups excluding carboxylic acids is 2. The summed E-state index contributed by atoms with van der Waals surface area (Å²) in [4.78, 5) is 30.0. The van der Waals surface area contributed by atoms with Crippen molar-refractivity contribution in [2.24, 2.45) is 0 Å². The lowest BCUT2D eigenvalue weighted by atomic mass is 9.79. The number of hydrogen-bond donors (Lipinski definition) is 1. The van der Waals surface area contributed by atoms with Crippen LogP contribution in [-0.4, -0.2) is 29.5 Å². The fraction of sp³-hybridized carbons (Fsp3) is 0.370. The van der Waals surface area contributed by atoms with E-state index in [1.807, 2.05) is 39.0 Å². The fourth-order valence-corrected chi connectivity index (χ4v) is 5.08. The van der Waals surface area contributed by atoms with Gasteiger partial charge in [0.2, 0.25) is 0 Å². The molecule has 4 rings (SSSR count). The molecule has 1 saturated heterocycles. The van der Waals surface area contributed by atoms with E-state index in [1.165, 1.54) is 16.2 Å². The molecule has 2 heterocycles. The van der Waals surface area contributed by atoms with Crippen molar-refractivity contribution in [3.63, 3.8) is 0 Å². The highest BCUT2D eigenvalue weighted by Crippen LogP contribution is 2.43. The molecule has 0 saturated carbocycles. The van der Waals surface area contributed by atoms with Crippen molar-refractivity contribution in [3.8, 4) is 0 Å². The van der Waals surface area contributed by atoms with Gasteiger partial charge in [0.1, 0.15) is 5.57 Å². The summed E-state index contributed by atoms with van der Waals surface area (Å²) >= 11 is 5.35. The van der Waals surface area contributed by atoms with Crippen molar-refractivity contribution in [1.29, 1.82) is 0 Å². The molecule has 1 atom stereocenters. The summed E-state index contributed by atoms with van der Waals surface area (Å²) in [7, 11) is 2.13. The molecule has 2 aromatic rings. The summed E-state index contributed by atoms with van der Waals surface area (Å²) in [6, 6.07) is 10.0. The van der Waals surface area contributed by atoms with E-state index in [9.17, 15) is 9.59 Å². The zero-order valence-corrected chi connectivity index (χ0v) is 21.2. The minimum atomic E-state index is -0.464. The first-order valence-electron chi connectivity index (χ1n) is 11.3. The Morgan fingerprint density at radius 2 is 1.76 bits per heavy atom. The van der Waals surface area contributed by atoms with Crippen LogP contribution in [0.5, 0.6) is 0 Å². The highest BCUT2D eigenvalue weighted by Gasteiger charge is 2.36. The lowest BCUT2D eigenvalue weighted by Gasteiger charge is -2.45. The summed E-state index contributed by atoms with van der Waals surface area (Å²) < 4.78 is 0. The van der Waals surface area contributed by atoms with Gasteiger partial charge in [-0.3, -0.25) is 19.8 Å². The van der Waals surface area contributed by atoms with Gasteiger partial charge in [0.05, 0.1) is 5.69 Å². The Balaban J connectivity index is 1.77. The molecule has 2 amide bonds. The predicted molar refractivity (Wildman–Crippen MR) is 139 cm³/mol. The topological polar surface area (TPSA) is 52.7 Å². The van der Waals surface area contributed by atoms with E-state index in [1.54, 1.807) is 6.08 Å². The first-order chi connectivity index (χ1) is 15.4. The molecule has 6 heteroatoms. The third kappa shape index (κ3) is 3.97. The maximum Gasteiger partial charge on any atom is 0.270 e. The number of hydrogen-bond acceptors (Lipinski definition) is 4. The van der Waals surface area contributed by atoms with Gasteiger partial charge in [-0.25, -0.2) is 0 Å². The maximum absolute atomic E-state index is 13.5. The van der Waals surface area contributed by atoms with Gasteiger partial charge >= 0.3 is 0 Å². The third-order valence-electron chi connectivity index (χ3n) is 7.17. The van der Waals surface area contributed by atoms with Crippen molar-refractivity contribution in [2.75, 3.05) is 16.8 Å². The van der Waals surface area contributed by atoms with E-state index < -0.39 is 11.8 Å². The lowest BCUT2D eigenvalue weighted by Crippen LogP contribution is -2.54. The average Bonchev–Trinajstić information content (AvgIpc) is 2.72. The van der Waals surface area contributed by atoms with E-state index in [0.29, 0.717) is 11.6 Å². The van der Waals surface area contributed by atoms with Crippen LogP contribution in [0.15, 0.2) is 35.9 Å². The van der Waals surface area contributed by atoms with Crippen LogP contribution >= 0.6 is 12.2 Å². The fourth-order valence-electron chi connectivity index (χ4n) is 4.80. The van der Waals surface area contributed by atoms with E-state index in [0.717, 1.165) is 28.7 Å². The molecule has 1 N–H and O–H groups in total. The number of anilines is 2. The first-order valence-corrected chi connectivity index (χ1v) is 11.7. The molecule has 0 unspecified atom stereocenters. The second kappa shape index (κ2) is 8.10. The van der Waals surface area contributed by atoms with E-state index in [-0.39, 0.29) is 16.2 Å². The molecule has 5 nitrogen and oxygen atoms in total. The number of carbonyl (C=O) groups is 2. The molecule has 0 aliphatic carbocycles. The van der Waals surface area contributed by atoms with E-state index in [2.05, 4.69) is 50.2 Å². The summed E-state index contributed by atoms with van der Waals surface area (Å²) in [5.74, 6) is -0.497. The molecule has 2 aliphatic heterocycles. The molecule has 172 valence electrons. The highest BCUT2D eigenvalue weighted by molar-refractivity contribution is 7.80. The molecule has 2 aromatic carbocycles. The summed E-state index contributed by atoms with van der Waals surface area (Å²) in [6.07, 6.45) is 2.74. The van der Waals surface area contributed by atoms with Crippen molar-refractivity contribution in [1.82, 2.24) is 5.32 Å². The van der Waals surface area contributed by atoms with Crippen LogP contribution in [0.4, 0.5) is 11.4 Å². The second-order valence-corrected chi connectivity index (χ2v) is 10.4. The molecule has 2 aliphatic rings. The molecule has 0 radical (unpaired) electrons. The van der Waals surface area contributed by atoms with Gasteiger partial charge in [0, 0.05) is 18.3 Å². The van der Waals surface area contributed by atoms with Crippen LogP contribution in [0.2, 0.25) is 0 Å². The SMILES string of the molecule is Cc1ccc(N2C(=O)/C(=C/c3cc4c(cc3C)N(C)C(C)(C)C[C@@H]4C)C(=O)NC2=S)cc1C. The normalized spacial score (nSPS) is 21.4. The average molecular weight is 462 g/mol. The predicted octanol–water partition coefficient (Wildman–Crippen LogP) is 5.17. The number of nitrogens with zero attached hydrogens (tertiary/aromatic N) is 2. The number of rotatable bonds is 2. The second-order valence-electron chi connectivity index (χ2n) is 9.97. The van der Waals surface area contributed by atoms with E-state index >= 15 is 0 Å². The van der Waals surface area contributed by atoms with Gasteiger partial charge in [-0.1, -0.05) is 13.0 Å². The molecular formula is C27H31N3O2S. The Hall–Kier alpha value is -2.99. The maximum atomic E-state index is 13.5. The van der Waals surface area contributed by atoms with Crippen LogP contribution in [-0.2, 0) is 9.59 Å². The lowest BCUT2D eigenvalue weighted by molar-refractivity contribution is -0.122. The molecule has 0 spiro atoms. The van der Waals surface area contributed by atoms with Crippen molar-refractivity contribution < 1.29 is 9.59 Å². The molecule has 1 fully saturated rings. The number of nitrogens with one attached hydrogen (secondary N) is 1. The molecule has 0 bridgehead atoms. The Bertz CT molecular complexity index is 1230. The van der Waals surface area contributed by atoms with Crippen LogP contribution < -0.4 is 15.1 Å². The van der Waals surface area contributed by atoms with Crippen molar-refractivity contribution in [2.45, 2.75) is 59.4 Å². The van der Waals surface area contributed by atoms with Crippen molar-refractivity contribution >= 4 is 46.6 Å². The van der Waals surface area contributed by atoms with Gasteiger partial charge in [-0.2, -0.15) is 0 Å². The zero-order valence-electron chi connectivity index (χ0n) is 20.4. The number of aryl methyl sites for hydroxylation is 3. The summed E-state index contributed by atoms with van der Waals surface area (Å²) in [5.41, 5.74) is 7.32. The van der Waals surface area contributed by atoms with Gasteiger partial charge in [0.25, 0.3) is 11.8 Å². The summed E-state index contributed by atoms with van der Waals surface area (Å²) in [6.45, 7) is 12.8. The quantitative estimate of drug-likeness (QED) is 0.381. The first kappa shape index (κ1) is 23.2. The van der Waals surface area contributed by atoms with Gasteiger partial charge < -0.3 is 4.90 Å². The highest BCUT2D eigenvalue weighted by atomic mass is 32.1. The van der Waals surface area contributed by atoms with Gasteiger partial charge in [-0.15, -0.1) is 0 Å². The van der Waals surface area contributed by atoms with E-state index in [4.69, 9.17) is 12.2 Å². The Morgan fingerprint density at radius 3 is 2.42 bits per heavy atom. The Labute approximate surface area is 201 Å². The third-order valence-corrected chi connectivity index (χ3v) is 7.46. The standard InChI is InChI=1S/C27H31N3O2S/c1-15-8-9-20(10-16(15)2)30-25(32)22(24(31)28-26(30)33)13-19-12-21-18(4)14-27(5,6)29(7)23(21)11-17(19)3/h8-13,18H,14H2,1-7H3,(H,28,31,33)/b22-13+/t18-/m0/s1. The van der Waals surface area contributed by atoms with Crippen LogP contribution in [0.25, 0.3) is 6.08 Å². The number of benzene rings is 2. The minimum absolute atomic E-state index is 0.0699. The largest absolute Gasteiger partial charge is 0.369 e. The summed E-state index contributed by atoms with van der Waals surface area (Å²) in [5, 5.41) is 2.79. The zero-order chi connectivity index (χ0) is 24.2.